The van der Waals surface area contributed by atoms with Crippen LogP contribution in [0.3, 0.4) is 0 Å². The summed E-state index contributed by atoms with van der Waals surface area (Å²) in [6.07, 6.45) is 8.12. The predicted molar refractivity (Wildman–Crippen MR) is 94.0 cm³/mol. The second kappa shape index (κ2) is 7.64. The van der Waals surface area contributed by atoms with Gasteiger partial charge in [-0.15, -0.1) is 0 Å². The molecule has 0 aliphatic heterocycles. The fourth-order valence-electron chi connectivity index (χ4n) is 2.89. The summed E-state index contributed by atoms with van der Waals surface area (Å²) in [5.41, 5.74) is 3.50. The lowest BCUT2D eigenvalue weighted by molar-refractivity contribution is 0.194. The highest BCUT2D eigenvalue weighted by molar-refractivity contribution is 5.81. The van der Waals surface area contributed by atoms with Gasteiger partial charge >= 0.3 is 6.09 Å². The van der Waals surface area contributed by atoms with Gasteiger partial charge in [-0.25, -0.2) is 4.79 Å². The highest BCUT2D eigenvalue weighted by Crippen LogP contribution is 2.18. The van der Waals surface area contributed by atoms with Crippen LogP contribution in [0.2, 0.25) is 0 Å². The van der Waals surface area contributed by atoms with Crippen LogP contribution < -0.4 is 5.32 Å². The number of hydrogen-bond acceptors (Lipinski definition) is 2. The van der Waals surface area contributed by atoms with Crippen molar-refractivity contribution >= 4 is 17.0 Å². The minimum Gasteiger partial charge on any atom is -0.465 e. The van der Waals surface area contributed by atoms with E-state index in [1.54, 1.807) is 0 Å². The molecule has 0 spiro atoms. The molecule has 24 heavy (non-hydrogen) atoms. The molecule has 0 saturated carbocycles. The summed E-state index contributed by atoms with van der Waals surface area (Å²) < 4.78 is 2.26. The van der Waals surface area contributed by atoms with Crippen molar-refractivity contribution in [3.8, 4) is 0 Å². The quantitative estimate of drug-likeness (QED) is 0.649. The molecule has 5 nitrogen and oxygen atoms in total. The first-order valence-corrected chi connectivity index (χ1v) is 8.16. The Bertz CT molecular complexity index is 812. The van der Waals surface area contributed by atoms with Gasteiger partial charge in [-0.05, 0) is 66.1 Å². The van der Waals surface area contributed by atoms with E-state index >= 15 is 0 Å². The molecule has 0 aliphatic carbocycles. The zero-order chi connectivity index (χ0) is 16.8. The third-order valence-electron chi connectivity index (χ3n) is 4.14. The lowest BCUT2D eigenvalue weighted by Gasteiger charge is -2.07. The summed E-state index contributed by atoms with van der Waals surface area (Å²) in [7, 11) is 0. The van der Waals surface area contributed by atoms with E-state index in [2.05, 4.69) is 45.3 Å². The summed E-state index contributed by atoms with van der Waals surface area (Å²) in [6.45, 7) is 1.32. The normalized spacial score (nSPS) is 10.8. The van der Waals surface area contributed by atoms with E-state index in [1.165, 1.54) is 11.1 Å². The van der Waals surface area contributed by atoms with E-state index in [0.717, 1.165) is 36.8 Å². The number of amides is 1. The van der Waals surface area contributed by atoms with Gasteiger partial charge in [-0.1, -0.05) is 6.07 Å². The standard InChI is InChI=1S/C19H21N3O2/c23-19(24)21-14-16-4-5-18-17(13-16)8-12-22(18)11-2-1-3-15-6-9-20-10-7-15/h4-10,12-13,21H,1-3,11,14H2,(H,23,24). The Morgan fingerprint density at radius 1 is 1.08 bits per heavy atom. The average molecular weight is 323 g/mol. The highest BCUT2D eigenvalue weighted by atomic mass is 16.4. The summed E-state index contributed by atoms with van der Waals surface area (Å²) in [5, 5.41) is 12.2. The molecule has 5 heteroatoms. The molecule has 0 unspecified atom stereocenters. The van der Waals surface area contributed by atoms with Crippen molar-refractivity contribution in [1.29, 1.82) is 0 Å². The van der Waals surface area contributed by atoms with Crippen LogP contribution in [0.4, 0.5) is 4.79 Å². The zero-order valence-electron chi connectivity index (χ0n) is 13.5. The number of aryl methyl sites for hydroxylation is 2. The number of unbranched alkanes of at least 4 members (excludes halogenated alkanes) is 1. The molecule has 2 aromatic heterocycles. The predicted octanol–water partition coefficient (Wildman–Crippen LogP) is 3.83. The largest absolute Gasteiger partial charge is 0.465 e. The maximum atomic E-state index is 10.6. The minimum atomic E-state index is -0.998. The van der Waals surface area contributed by atoms with Crippen LogP contribution >= 0.6 is 0 Å². The summed E-state index contributed by atoms with van der Waals surface area (Å²) in [5.74, 6) is 0. The van der Waals surface area contributed by atoms with Gasteiger partial charge in [-0.3, -0.25) is 4.98 Å². The molecule has 0 aliphatic rings. The number of rotatable bonds is 7. The van der Waals surface area contributed by atoms with E-state index in [4.69, 9.17) is 5.11 Å². The lowest BCUT2D eigenvalue weighted by Crippen LogP contribution is -2.19. The molecule has 1 amide bonds. The summed E-state index contributed by atoms with van der Waals surface area (Å²) in [4.78, 5) is 14.6. The van der Waals surface area contributed by atoms with Crippen molar-refractivity contribution in [2.45, 2.75) is 32.4 Å². The molecule has 0 fully saturated rings. The zero-order valence-corrected chi connectivity index (χ0v) is 13.5. The van der Waals surface area contributed by atoms with Gasteiger partial charge < -0.3 is 15.0 Å². The van der Waals surface area contributed by atoms with Crippen molar-refractivity contribution < 1.29 is 9.90 Å². The van der Waals surface area contributed by atoms with E-state index in [0.29, 0.717) is 6.54 Å². The maximum Gasteiger partial charge on any atom is 0.404 e. The Hall–Kier alpha value is -2.82. The monoisotopic (exact) mass is 323 g/mol. The second-order valence-corrected chi connectivity index (χ2v) is 5.87. The molecular formula is C19H21N3O2. The highest BCUT2D eigenvalue weighted by Gasteiger charge is 2.03. The Labute approximate surface area is 141 Å². The summed E-state index contributed by atoms with van der Waals surface area (Å²) >= 11 is 0. The third kappa shape index (κ3) is 4.13. The van der Waals surface area contributed by atoms with Crippen LogP contribution in [-0.2, 0) is 19.5 Å². The number of nitrogens with one attached hydrogen (secondary N) is 1. The van der Waals surface area contributed by atoms with E-state index in [1.807, 2.05) is 24.5 Å². The first-order valence-electron chi connectivity index (χ1n) is 8.16. The first-order chi connectivity index (χ1) is 11.7. The molecule has 2 N–H and O–H groups in total. The smallest absolute Gasteiger partial charge is 0.404 e. The SMILES string of the molecule is O=C(O)NCc1ccc2c(ccn2CCCCc2ccncc2)c1. The maximum absolute atomic E-state index is 10.6. The first kappa shape index (κ1) is 16.1. The number of benzene rings is 1. The number of aromatic nitrogens is 2. The number of hydrogen-bond donors (Lipinski definition) is 2. The van der Waals surface area contributed by atoms with Crippen molar-refractivity contribution in [2.24, 2.45) is 0 Å². The molecule has 2 heterocycles. The molecule has 3 rings (SSSR count). The number of fused-ring (bicyclic) bond motifs is 1. The molecule has 0 radical (unpaired) electrons. The Morgan fingerprint density at radius 3 is 2.71 bits per heavy atom. The van der Waals surface area contributed by atoms with Crippen molar-refractivity contribution in [1.82, 2.24) is 14.9 Å². The van der Waals surface area contributed by atoms with Crippen molar-refractivity contribution in [3.63, 3.8) is 0 Å². The van der Waals surface area contributed by atoms with Crippen LogP contribution in [0.1, 0.15) is 24.0 Å². The lowest BCUT2D eigenvalue weighted by atomic mass is 10.1. The van der Waals surface area contributed by atoms with E-state index in [9.17, 15) is 4.79 Å². The third-order valence-corrected chi connectivity index (χ3v) is 4.14. The van der Waals surface area contributed by atoms with Gasteiger partial charge in [-0.2, -0.15) is 0 Å². The molecule has 1 aromatic carbocycles. The Kier molecular flexibility index (Phi) is 5.11. The van der Waals surface area contributed by atoms with Gasteiger partial charge in [0.2, 0.25) is 0 Å². The molecule has 0 saturated heterocycles. The fourth-order valence-corrected chi connectivity index (χ4v) is 2.89. The van der Waals surface area contributed by atoms with Crippen LogP contribution in [0, 0.1) is 0 Å². The molecule has 124 valence electrons. The molecule has 0 atom stereocenters. The average Bonchev–Trinajstić information content (AvgIpc) is 3.00. The number of carbonyl (C=O) groups is 1. The van der Waals surface area contributed by atoms with Crippen molar-refractivity contribution in [2.75, 3.05) is 0 Å². The van der Waals surface area contributed by atoms with E-state index < -0.39 is 6.09 Å². The van der Waals surface area contributed by atoms with Gasteiger partial charge in [0.25, 0.3) is 0 Å². The van der Waals surface area contributed by atoms with Crippen molar-refractivity contribution in [3.05, 3.63) is 66.1 Å². The Balaban J connectivity index is 1.56. The fraction of sp³-hybridized carbons (Fsp3) is 0.263. The summed E-state index contributed by atoms with van der Waals surface area (Å²) in [6, 6.07) is 12.3. The van der Waals surface area contributed by atoms with E-state index in [-0.39, 0.29) is 0 Å². The van der Waals surface area contributed by atoms with Crippen LogP contribution in [-0.4, -0.2) is 20.8 Å². The van der Waals surface area contributed by atoms with Gasteiger partial charge in [0.1, 0.15) is 0 Å². The number of nitrogens with zero attached hydrogens (tertiary/aromatic N) is 2. The van der Waals surface area contributed by atoms with Gasteiger partial charge in [0.05, 0.1) is 0 Å². The molecule has 3 aromatic rings. The van der Waals surface area contributed by atoms with Crippen LogP contribution in [0.5, 0.6) is 0 Å². The van der Waals surface area contributed by atoms with Gasteiger partial charge in [0.15, 0.2) is 0 Å². The van der Waals surface area contributed by atoms with Gasteiger partial charge in [0, 0.05) is 37.2 Å². The number of pyridine rings is 1. The Morgan fingerprint density at radius 2 is 1.92 bits per heavy atom. The second-order valence-electron chi connectivity index (χ2n) is 5.87. The minimum absolute atomic E-state index is 0.336. The van der Waals surface area contributed by atoms with Crippen LogP contribution in [0.25, 0.3) is 10.9 Å². The topological polar surface area (TPSA) is 67.2 Å². The molecule has 0 bridgehead atoms. The van der Waals surface area contributed by atoms with Crippen LogP contribution in [0.15, 0.2) is 55.0 Å². The number of carboxylic acid groups (broad SMARTS) is 1. The molecular weight excluding hydrogens is 302 g/mol.